The molecule has 0 saturated carbocycles. The lowest BCUT2D eigenvalue weighted by Gasteiger charge is -2.11. The molecule has 0 unspecified atom stereocenters. The standard InChI is InChI=1S/C14H19N3O/c1-3-11-8-12(4-5-14(11)18-2)13-9-16-10-17(13)7-6-15/h4-5,8-10H,3,6-7,15H2,1-2H3. The van der Waals surface area contributed by atoms with Crippen LogP contribution in [0.15, 0.2) is 30.7 Å². The van der Waals surface area contributed by atoms with Crippen LogP contribution < -0.4 is 10.5 Å². The molecule has 4 nitrogen and oxygen atoms in total. The van der Waals surface area contributed by atoms with Gasteiger partial charge in [0.1, 0.15) is 5.75 Å². The summed E-state index contributed by atoms with van der Waals surface area (Å²) in [5, 5.41) is 0. The van der Waals surface area contributed by atoms with Crippen molar-refractivity contribution in [3.8, 4) is 17.0 Å². The number of ether oxygens (including phenoxy) is 1. The monoisotopic (exact) mass is 245 g/mol. The van der Waals surface area contributed by atoms with Crippen LogP contribution in [0.25, 0.3) is 11.3 Å². The minimum Gasteiger partial charge on any atom is -0.496 e. The van der Waals surface area contributed by atoms with Gasteiger partial charge in [-0.3, -0.25) is 0 Å². The number of methoxy groups -OCH3 is 1. The highest BCUT2D eigenvalue weighted by Gasteiger charge is 2.08. The summed E-state index contributed by atoms with van der Waals surface area (Å²) in [7, 11) is 1.70. The van der Waals surface area contributed by atoms with Crippen molar-refractivity contribution in [1.29, 1.82) is 0 Å². The van der Waals surface area contributed by atoms with Gasteiger partial charge in [0, 0.05) is 18.7 Å². The second-order valence-electron chi connectivity index (χ2n) is 4.14. The molecule has 0 radical (unpaired) electrons. The highest BCUT2D eigenvalue weighted by molar-refractivity contribution is 5.62. The Bertz CT molecular complexity index is 520. The Labute approximate surface area is 107 Å². The Morgan fingerprint density at radius 2 is 2.22 bits per heavy atom. The van der Waals surface area contributed by atoms with E-state index in [4.69, 9.17) is 10.5 Å². The summed E-state index contributed by atoms with van der Waals surface area (Å²) in [6.07, 6.45) is 4.64. The molecule has 18 heavy (non-hydrogen) atoms. The molecular formula is C14H19N3O. The molecule has 0 spiro atoms. The van der Waals surface area contributed by atoms with Gasteiger partial charge in [-0.05, 0) is 30.2 Å². The van der Waals surface area contributed by atoms with E-state index in [1.54, 1.807) is 7.11 Å². The van der Waals surface area contributed by atoms with Gasteiger partial charge in [-0.1, -0.05) is 6.92 Å². The van der Waals surface area contributed by atoms with E-state index in [2.05, 4.69) is 28.6 Å². The van der Waals surface area contributed by atoms with E-state index >= 15 is 0 Å². The zero-order valence-electron chi connectivity index (χ0n) is 10.9. The van der Waals surface area contributed by atoms with Gasteiger partial charge in [-0.25, -0.2) is 4.98 Å². The molecule has 4 heteroatoms. The molecule has 0 bridgehead atoms. The van der Waals surface area contributed by atoms with Crippen molar-refractivity contribution in [3.05, 3.63) is 36.3 Å². The molecule has 0 fully saturated rings. The summed E-state index contributed by atoms with van der Waals surface area (Å²) in [5.41, 5.74) is 9.05. The minimum atomic E-state index is 0.611. The maximum atomic E-state index is 5.60. The lowest BCUT2D eigenvalue weighted by atomic mass is 10.1. The number of aromatic nitrogens is 2. The van der Waals surface area contributed by atoms with E-state index in [9.17, 15) is 0 Å². The van der Waals surface area contributed by atoms with Crippen molar-refractivity contribution in [3.63, 3.8) is 0 Å². The molecule has 0 aliphatic heterocycles. The quantitative estimate of drug-likeness (QED) is 0.877. The Morgan fingerprint density at radius 3 is 2.89 bits per heavy atom. The van der Waals surface area contributed by atoms with E-state index < -0.39 is 0 Å². The first-order valence-corrected chi connectivity index (χ1v) is 6.17. The SMILES string of the molecule is CCc1cc(-c2cncn2CCN)ccc1OC. The molecule has 1 aromatic carbocycles. The predicted octanol–water partition coefficient (Wildman–Crippen LogP) is 2.08. The number of aryl methyl sites for hydroxylation is 1. The average molecular weight is 245 g/mol. The van der Waals surface area contributed by atoms with Crippen LogP contribution in [0.5, 0.6) is 5.75 Å². The molecule has 1 aromatic heterocycles. The summed E-state index contributed by atoms with van der Waals surface area (Å²) < 4.78 is 7.41. The van der Waals surface area contributed by atoms with Gasteiger partial charge < -0.3 is 15.0 Å². The summed E-state index contributed by atoms with van der Waals surface area (Å²) in [6.45, 7) is 3.52. The fraction of sp³-hybridized carbons (Fsp3) is 0.357. The molecule has 0 aliphatic rings. The molecule has 0 amide bonds. The van der Waals surface area contributed by atoms with Gasteiger partial charge in [0.25, 0.3) is 0 Å². The molecule has 2 rings (SSSR count). The zero-order chi connectivity index (χ0) is 13.0. The van der Waals surface area contributed by atoms with Crippen LogP contribution in [0.1, 0.15) is 12.5 Å². The van der Waals surface area contributed by atoms with Crippen LogP contribution >= 0.6 is 0 Å². The second-order valence-corrected chi connectivity index (χ2v) is 4.14. The lowest BCUT2D eigenvalue weighted by Crippen LogP contribution is -2.09. The Balaban J connectivity index is 2.41. The molecular weight excluding hydrogens is 226 g/mol. The Hall–Kier alpha value is -1.81. The first-order valence-electron chi connectivity index (χ1n) is 6.17. The van der Waals surface area contributed by atoms with Gasteiger partial charge in [0.05, 0.1) is 25.3 Å². The topological polar surface area (TPSA) is 53.1 Å². The highest BCUT2D eigenvalue weighted by Crippen LogP contribution is 2.26. The number of rotatable bonds is 5. The van der Waals surface area contributed by atoms with Crippen LogP contribution in [-0.2, 0) is 13.0 Å². The first kappa shape index (κ1) is 12.6. The maximum absolute atomic E-state index is 5.60. The van der Waals surface area contributed by atoms with Crippen molar-refractivity contribution >= 4 is 0 Å². The number of hydrogen-bond donors (Lipinski definition) is 1. The van der Waals surface area contributed by atoms with Crippen molar-refractivity contribution in [2.75, 3.05) is 13.7 Å². The van der Waals surface area contributed by atoms with Crippen LogP contribution in [0.2, 0.25) is 0 Å². The van der Waals surface area contributed by atoms with Crippen molar-refractivity contribution in [2.45, 2.75) is 19.9 Å². The number of benzene rings is 1. The molecule has 0 atom stereocenters. The smallest absolute Gasteiger partial charge is 0.122 e. The summed E-state index contributed by atoms with van der Waals surface area (Å²) >= 11 is 0. The van der Waals surface area contributed by atoms with Gasteiger partial charge >= 0.3 is 0 Å². The molecule has 1 heterocycles. The van der Waals surface area contributed by atoms with Gasteiger partial charge in [0.2, 0.25) is 0 Å². The van der Waals surface area contributed by atoms with Crippen molar-refractivity contribution in [2.24, 2.45) is 5.73 Å². The van der Waals surface area contributed by atoms with Crippen LogP contribution in [0, 0.1) is 0 Å². The average Bonchev–Trinajstić information content (AvgIpc) is 2.86. The third-order valence-corrected chi connectivity index (χ3v) is 3.04. The second kappa shape index (κ2) is 5.69. The zero-order valence-corrected chi connectivity index (χ0v) is 10.9. The fourth-order valence-corrected chi connectivity index (χ4v) is 2.09. The normalized spacial score (nSPS) is 10.6. The van der Waals surface area contributed by atoms with Crippen molar-refractivity contribution in [1.82, 2.24) is 9.55 Å². The maximum Gasteiger partial charge on any atom is 0.122 e. The van der Waals surface area contributed by atoms with E-state index in [0.717, 1.165) is 30.0 Å². The first-order chi connectivity index (χ1) is 8.80. The van der Waals surface area contributed by atoms with Gasteiger partial charge in [0.15, 0.2) is 0 Å². The number of nitrogens with zero attached hydrogens (tertiary/aromatic N) is 2. The van der Waals surface area contributed by atoms with Crippen LogP contribution in [0.3, 0.4) is 0 Å². The van der Waals surface area contributed by atoms with E-state index in [1.165, 1.54) is 5.56 Å². The summed E-state index contributed by atoms with van der Waals surface area (Å²) in [5.74, 6) is 0.936. The Kier molecular flexibility index (Phi) is 3.99. The van der Waals surface area contributed by atoms with Crippen molar-refractivity contribution < 1.29 is 4.74 Å². The molecule has 2 aromatic rings. The highest BCUT2D eigenvalue weighted by atomic mass is 16.5. The fourth-order valence-electron chi connectivity index (χ4n) is 2.09. The number of nitrogens with two attached hydrogens (primary N) is 1. The number of imidazole rings is 1. The van der Waals surface area contributed by atoms with Crippen LogP contribution in [0.4, 0.5) is 0 Å². The number of hydrogen-bond acceptors (Lipinski definition) is 3. The molecule has 0 saturated heterocycles. The van der Waals surface area contributed by atoms with E-state index in [0.29, 0.717) is 6.54 Å². The van der Waals surface area contributed by atoms with E-state index in [1.807, 2.05) is 18.6 Å². The largest absolute Gasteiger partial charge is 0.496 e. The lowest BCUT2D eigenvalue weighted by molar-refractivity contribution is 0.410. The van der Waals surface area contributed by atoms with Crippen LogP contribution in [-0.4, -0.2) is 23.2 Å². The third kappa shape index (κ3) is 2.38. The molecule has 96 valence electrons. The minimum absolute atomic E-state index is 0.611. The van der Waals surface area contributed by atoms with E-state index in [-0.39, 0.29) is 0 Å². The Morgan fingerprint density at radius 1 is 1.39 bits per heavy atom. The molecule has 0 aliphatic carbocycles. The predicted molar refractivity (Wildman–Crippen MR) is 72.6 cm³/mol. The molecule has 2 N–H and O–H groups in total. The van der Waals surface area contributed by atoms with Gasteiger partial charge in [-0.15, -0.1) is 0 Å². The van der Waals surface area contributed by atoms with Gasteiger partial charge in [-0.2, -0.15) is 0 Å². The summed E-state index contributed by atoms with van der Waals surface area (Å²) in [6, 6.07) is 6.22. The summed E-state index contributed by atoms with van der Waals surface area (Å²) in [4.78, 5) is 4.19. The third-order valence-electron chi connectivity index (χ3n) is 3.04.